The number of carbonyl (C=O) groups is 1. The number of carboxylic acids is 1. The van der Waals surface area contributed by atoms with Crippen LogP contribution in [0.25, 0.3) is 0 Å². The van der Waals surface area contributed by atoms with Crippen LogP contribution in [0.4, 0.5) is 5.82 Å². The first-order chi connectivity index (χ1) is 7.63. The third-order valence-corrected chi connectivity index (χ3v) is 2.07. The van der Waals surface area contributed by atoms with Gasteiger partial charge in [-0.2, -0.15) is 5.26 Å². The van der Waals surface area contributed by atoms with Gasteiger partial charge in [0.15, 0.2) is 0 Å². The predicted molar refractivity (Wildman–Crippen MR) is 58.9 cm³/mol. The quantitative estimate of drug-likeness (QED) is 0.783. The van der Waals surface area contributed by atoms with Crippen LogP contribution >= 0.6 is 0 Å². The number of aliphatic carboxylic acids is 1. The predicted octanol–water partition coefficient (Wildman–Crippen LogP) is 1.48. The summed E-state index contributed by atoms with van der Waals surface area (Å²) in [7, 11) is 0. The minimum atomic E-state index is -0.823. The largest absolute Gasteiger partial charge is 0.481 e. The first-order valence-corrected chi connectivity index (χ1v) is 4.94. The van der Waals surface area contributed by atoms with Crippen molar-refractivity contribution >= 4 is 11.8 Å². The van der Waals surface area contributed by atoms with Crippen LogP contribution in [0.1, 0.15) is 18.9 Å². The van der Waals surface area contributed by atoms with Crippen molar-refractivity contribution in [3.63, 3.8) is 0 Å². The summed E-state index contributed by atoms with van der Waals surface area (Å²) in [5.74, 6) is -0.330. The molecule has 0 bridgehead atoms. The van der Waals surface area contributed by atoms with Crippen molar-refractivity contribution in [1.82, 2.24) is 4.98 Å². The lowest BCUT2D eigenvalue weighted by Gasteiger charge is -2.11. The fraction of sp³-hybridized carbons (Fsp3) is 0.364. The molecule has 0 aliphatic carbocycles. The van der Waals surface area contributed by atoms with E-state index in [4.69, 9.17) is 10.4 Å². The standard InChI is InChI=1S/C11H13N3O2/c1-8(5-10(15)16)7-14-11-9(6-12)3-2-4-13-11/h2-4,8H,5,7H2,1H3,(H,13,14)(H,15,16). The number of nitrogens with one attached hydrogen (secondary N) is 1. The third kappa shape index (κ3) is 3.58. The monoisotopic (exact) mass is 219 g/mol. The van der Waals surface area contributed by atoms with Crippen molar-refractivity contribution in [1.29, 1.82) is 5.26 Å². The Morgan fingerprint density at radius 3 is 3.12 bits per heavy atom. The fourth-order valence-electron chi connectivity index (χ4n) is 1.28. The average molecular weight is 219 g/mol. The summed E-state index contributed by atoms with van der Waals surface area (Å²) in [6.07, 6.45) is 1.69. The van der Waals surface area contributed by atoms with Gasteiger partial charge in [-0.05, 0) is 18.1 Å². The van der Waals surface area contributed by atoms with E-state index >= 15 is 0 Å². The van der Waals surface area contributed by atoms with Gasteiger partial charge >= 0.3 is 5.97 Å². The first-order valence-electron chi connectivity index (χ1n) is 4.94. The minimum Gasteiger partial charge on any atom is -0.481 e. The Balaban J connectivity index is 2.55. The number of pyridine rings is 1. The van der Waals surface area contributed by atoms with Crippen molar-refractivity contribution in [2.24, 2.45) is 5.92 Å². The Kier molecular flexibility index (Phi) is 4.28. The average Bonchev–Trinajstić information content (AvgIpc) is 2.26. The molecule has 2 N–H and O–H groups in total. The van der Waals surface area contributed by atoms with Crippen LogP contribution in [0.2, 0.25) is 0 Å². The van der Waals surface area contributed by atoms with Crippen LogP contribution in [0.3, 0.4) is 0 Å². The lowest BCUT2D eigenvalue weighted by atomic mass is 10.1. The number of rotatable bonds is 5. The van der Waals surface area contributed by atoms with E-state index in [9.17, 15) is 4.79 Å². The number of anilines is 1. The van der Waals surface area contributed by atoms with Crippen LogP contribution in [0.5, 0.6) is 0 Å². The highest BCUT2D eigenvalue weighted by atomic mass is 16.4. The highest BCUT2D eigenvalue weighted by molar-refractivity contribution is 5.67. The van der Waals surface area contributed by atoms with Gasteiger partial charge < -0.3 is 10.4 Å². The number of nitrogens with zero attached hydrogens (tertiary/aromatic N) is 2. The normalized spacial score (nSPS) is 11.5. The zero-order valence-electron chi connectivity index (χ0n) is 8.97. The fourth-order valence-corrected chi connectivity index (χ4v) is 1.28. The van der Waals surface area contributed by atoms with Crippen LogP contribution in [-0.4, -0.2) is 22.6 Å². The molecule has 1 atom stereocenters. The molecule has 0 amide bonds. The van der Waals surface area contributed by atoms with E-state index < -0.39 is 5.97 Å². The van der Waals surface area contributed by atoms with Gasteiger partial charge in [0.1, 0.15) is 11.9 Å². The molecule has 1 unspecified atom stereocenters. The van der Waals surface area contributed by atoms with Crippen molar-refractivity contribution in [3.05, 3.63) is 23.9 Å². The Bertz CT molecular complexity index is 412. The van der Waals surface area contributed by atoms with Gasteiger partial charge in [-0.1, -0.05) is 6.92 Å². The van der Waals surface area contributed by atoms with Crippen LogP contribution in [0.15, 0.2) is 18.3 Å². The summed E-state index contributed by atoms with van der Waals surface area (Å²) >= 11 is 0. The Hall–Kier alpha value is -2.09. The molecular formula is C11H13N3O2. The van der Waals surface area contributed by atoms with E-state index in [2.05, 4.69) is 10.3 Å². The smallest absolute Gasteiger partial charge is 0.303 e. The lowest BCUT2D eigenvalue weighted by molar-refractivity contribution is -0.137. The second kappa shape index (κ2) is 5.71. The molecular weight excluding hydrogens is 206 g/mol. The van der Waals surface area contributed by atoms with Gasteiger partial charge in [0.2, 0.25) is 0 Å². The molecule has 0 aliphatic rings. The zero-order chi connectivity index (χ0) is 12.0. The Morgan fingerprint density at radius 2 is 2.50 bits per heavy atom. The maximum Gasteiger partial charge on any atom is 0.303 e. The molecule has 0 radical (unpaired) electrons. The number of nitriles is 1. The molecule has 0 spiro atoms. The zero-order valence-corrected chi connectivity index (χ0v) is 8.97. The molecule has 16 heavy (non-hydrogen) atoms. The van der Waals surface area contributed by atoms with Gasteiger partial charge in [-0.25, -0.2) is 4.98 Å². The number of aromatic nitrogens is 1. The van der Waals surface area contributed by atoms with Gasteiger partial charge in [0.05, 0.1) is 5.56 Å². The molecule has 1 aromatic heterocycles. The summed E-state index contributed by atoms with van der Waals surface area (Å²) in [6.45, 7) is 2.31. The Labute approximate surface area is 93.7 Å². The minimum absolute atomic E-state index is 0.00829. The Morgan fingerprint density at radius 1 is 1.75 bits per heavy atom. The van der Waals surface area contributed by atoms with Crippen LogP contribution < -0.4 is 5.32 Å². The summed E-state index contributed by atoms with van der Waals surface area (Å²) in [5, 5.41) is 20.4. The van der Waals surface area contributed by atoms with Crippen molar-refractivity contribution < 1.29 is 9.90 Å². The molecule has 5 heteroatoms. The van der Waals surface area contributed by atoms with Gasteiger partial charge in [-0.3, -0.25) is 4.79 Å². The highest BCUT2D eigenvalue weighted by Crippen LogP contribution is 2.11. The molecule has 5 nitrogen and oxygen atoms in total. The van der Waals surface area contributed by atoms with Crippen molar-refractivity contribution in [2.75, 3.05) is 11.9 Å². The second-order valence-electron chi connectivity index (χ2n) is 3.60. The van der Waals surface area contributed by atoms with E-state index in [-0.39, 0.29) is 12.3 Å². The molecule has 84 valence electrons. The third-order valence-electron chi connectivity index (χ3n) is 2.07. The molecule has 1 rings (SSSR count). The van der Waals surface area contributed by atoms with Crippen LogP contribution in [0, 0.1) is 17.2 Å². The summed E-state index contributed by atoms with van der Waals surface area (Å²) in [5.41, 5.74) is 0.463. The SMILES string of the molecule is CC(CNc1ncccc1C#N)CC(=O)O. The van der Waals surface area contributed by atoms with Crippen molar-refractivity contribution in [2.45, 2.75) is 13.3 Å². The molecule has 1 aromatic rings. The van der Waals surface area contributed by atoms with Gasteiger partial charge in [0.25, 0.3) is 0 Å². The second-order valence-corrected chi connectivity index (χ2v) is 3.60. The molecule has 0 fully saturated rings. The highest BCUT2D eigenvalue weighted by Gasteiger charge is 2.08. The number of hydrogen-bond acceptors (Lipinski definition) is 4. The molecule has 0 saturated heterocycles. The maximum absolute atomic E-state index is 10.4. The summed E-state index contributed by atoms with van der Waals surface area (Å²) in [4.78, 5) is 14.5. The lowest BCUT2D eigenvalue weighted by Crippen LogP contribution is -2.16. The van der Waals surface area contributed by atoms with Gasteiger partial charge in [0, 0.05) is 19.2 Å². The van der Waals surface area contributed by atoms with E-state index in [0.717, 1.165) is 0 Å². The van der Waals surface area contributed by atoms with E-state index in [1.54, 1.807) is 18.3 Å². The van der Waals surface area contributed by atoms with E-state index in [1.807, 2.05) is 13.0 Å². The maximum atomic E-state index is 10.4. The first kappa shape index (κ1) is 12.0. The molecule has 0 aromatic carbocycles. The summed E-state index contributed by atoms with van der Waals surface area (Å²) in [6, 6.07) is 5.37. The van der Waals surface area contributed by atoms with E-state index in [0.29, 0.717) is 17.9 Å². The topological polar surface area (TPSA) is 86.0 Å². The molecule has 1 heterocycles. The van der Waals surface area contributed by atoms with Gasteiger partial charge in [-0.15, -0.1) is 0 Å². The molecule has 0 aliphatic heterocycles. The van der Waals surface area contributed by atoms with Crippen LogP contribution in [-0.2, 0) is 4.79 Å². The van der Waals surface area contributed by atoms with Crippen molar-refractivity contribution in [3.8, 4) is 6.07 Å². The number of carboxylic acid groups (broad SMARTS) is 1. The summed E-state index contributed by atoms with van der Waals surface area (Å²) < 4.78 is 0. The molecule has 0 saturated carbocycles. The van der Waals surface area contributed by atoms with E-state index in [1.165, 1.54) is 0 Å². The number of hydrogen-bond donors (Lipinski definition) is 2.